The van der Waals surface area contributed by atoms with Gasteiger partial charge in [0.2, 0.25) is 0 Å². The van der Waals surface area contributed by atoms with Gasteiger partial charge in [0.15, 0.2) is 22.7 Å². The zero-order chi connectivity index (χ0) is 60.2. The Morgan fingerprint density at radius 1 is 0.266 bits per heavy atom. The van der Waals surface area contributed by atoms with E-state index in [2.05, 4.69) is 309 Å². The van der Waals surface area contributed by atoms with E-state index < -0.39 is 0 Å². The fraction of sp³-hybridized carbons (Fsp3) is 0.459. The zero-order valence-electron chi connectivity index (χ0n) is 53.5. The average molecular weight is 1140 g/mol. The van der Waals surface area contributed by atoms with Crippen LogP contribution in [-0.4, -0.2) is 0 Å². The van der Waals surface area contributed by atoms with Crippen molar-refractivity contribution in [2.45, 2.75) is 223 Å². The standard InChI is InChI=1S/4C15H21N.C14H12.Ru/c4*1-14(2,3)11-9-8-10-12(13(11)16-7)15(4,5)6;1-11-3-7-13(8-4-11)14-9-5-12(2)6-10-14;/h4*8-10H,1-6H3;3-7,9H,1-2H3;/q;;;;-2;+6. The van der Waals surface area contributed by atoms with Crippen LogP contribution in [0.2, 0.25) is 0 Å². The molecular weight excluding hydrogens is 1050 g/mol. The van der Waals surface area contributed by atoms with Crippen LogP contribution in [0.25, 0.3) is 30.5 Å². The van der Waals surface area contributed by atoms with Crippen molar-refractivity contribution in [3.8, 4) is 11.1 Å². The maximum atomic E-state index is 7.41. The molecule has 0 aromatic heterocycles. The summed E-state index contributed by atoms with van der Waals surface area (Å²) in [6.45, 7) is 85.5. The SMILES string of the molecule is Cc1c[c-]c(-c2[c-]cc(C)cc2)cc1.[C-]#[N+]c1c(C(C)(C)C)cccc1C(C)(C)C.[C-]#[N+]c1c(C(C)(C)C)cccc1C(C)(C)C.[C-]#[N+]c1c(C(C)(C)C)cccc1C(C)(C)C.[C-]#[N+]c1c(C(C)(C)C)cccc1C(C)(C)C.[Ru+6]. The third-order valence-electron chi connectivity index (χ3n) is 13.3. The second kappa shape index (κ2) is 27.9. The van der Waals surface area contributed by atoms with Crippen molar-refractivity contribution < 1.29 is 19.5 Å². The third kappa shape index (κ3) is 20.8. The number of rotatable bonds is 1. The fourth-order valence-corrected chi connectivity index (χ4v) is 8.84. The Hall–Kier alpha value is -6.10. The van der Waals surface area contributed by atoms with Crippen LogP contribution in [0.3, 0.4) is 0 Å². The Morgan fingerprint density at radius 2 is 0.418 bits per heavy atom. The quantitative estimate of drug-likeness (QED) is 0.115. The van der Waals surface area contributed by atoms with E-state index in [0.29, 0.717) is 0 Å². The molecule has 6 aromatic rings. The molecular formula is C74H96N4Ru+4. The molecule has 0 saturated carbocycles. The van der Waals surface area contributed by atoms with Crippen LogP contribution in [-0.2, 0) is 62.8 Å². The Morgan fingerprint density at radius 3 is 0.519 bits per heavy atom. The second-order valence-electron chi connectivity index (χ2n) is 28.8. The van der Waals surface area contributed by atoms with Gasteiger partial charge in [-0.3, -0.25) is 0 Å². The van der Waals surface area contributed by atoms with E-state index in [1.54, 1.807) is 0 Å². The van der Waals surface area contributed by atoms with Crippen molar-refractivity contribution in [1.29, 1.82) is 0 Å². The molecule has 0 N–H and O–H groups in total. The van der Waals surface area contributed by atoms with Crippen LogP contribution in [0, 0.1) is 52.3 Å². The van der Waals surface area contributed by atoms with Crippen molar-refractivity contribution in [3.05, 3.63) is 223 Å². The summed E-state index contributed by atoms with van der Waals surface area (Å²) in [5.41, 5.74) is 17.4. The van der Waals surface area contributed by atoms with Crippen molar-refractivity contribution in [3.63, 3.8) is 0 Å². The monoisotopic (exact) mass is 1140 g/mol. The minimum atomic E-state index is 0. The molecule has 0 atom stereocenters. The average Bonchev–Trinajstić information content (AvgIpc) is 3.32. The number of hydrogen-bond donors (Lipinski definition) is 0. The number of benzene rings is 6. The van der Waals surface area contributed by atoms with Crippen LogP contribution in [0.4, 0.5) is 22.7 Å². The van der Waals surface area contributed by atoms with Crippen molar-refractivity contribution in [1.82, 2.24) is 0 Å². The van der Waals surface area contributed by atoms with E-state index in [0.717, 1.165) is 78.4 Å². The predicted molar refractivity (Wildman–Crippen MR) is 339 cm³/mol. The van der Waals surface area contributed by atoms with Gasteiger partial charge in [-0.1, -0.05) is 253 Å². The minimum Gasteiger partial charge on any atom is -0.238 e. The summed E-state index contributed by atoms with van der Waals surface area (Å²) in [6.07, 6.45) is 0. The summed E-state index contributed by atoms with van der Waals surface area (Å²) in [5, 5.41) is 0. The van der Waals surface area contributed by atoms with Crippen molar-refractivity contribution >= 4 is 22.7 Å². The summed E-state index contributed by atoms with van der Waals surface area (Å²) < 4.78 is 0. The second-order valence-corrected chi connectivity index (χ2v) is 28.8. The maximum Gasteiger partial charge on any atom is 6.00 e. The van der Waals surface area contributed by atoms with E-state index in [-0.39, 0.29) is 62.8 Å². The Labute approximate surface area is 496 Å². The van der Waals surface area contributed by atoms with Gasteiger partial charge in [-0.2, -0.15) is 48.5 Å². The Balaban J connectivity index is 0.000000492. The third-order valence-corrected chi connectivity index (χ3v) is 13.3. The molecule has 0 aliphatic heterocycles. The molecule has 0 unspecified atom stereocenters. The molecule has 0 heterocycles. The van der Waals surface area contributed by atoms with Crippen molar-refractivity contribution in [2.75, 3.05) is 0 Å². The first-order valence-corrected chi connectivity index (χ1v) is 27.5. The van der Waals surface area contributed by atoms with Crippen LogP contribution >= 0.6 is 0 Å². The topological polar surface area (TPSA) is 17.4 Å². The van der Waals surface area contributed by atoms with E-state index >= 15 is 0 Å². The van der Waals surface area contributed by atoms with Gasteiger partial charge in [0, 0.05) is 0 Å². The molecule has 6 aromatic carbocycles. The summed E-state index contributed by atoms with van der Waals surface area (Å²) in [4.78, 5) is 15.0. The number of para-hydroxylation sites is 4. The maximum absolute atomic E-state index is 7.41. The van der Waals surface area contributed by atoms with Gasteiger partial charge in [0.05, 0.1) is 26.3 Å². The Bertz CT molecular complexity index is 2590. The predicted octanol–water partition coefficient (Wildman–Crippen LogP) is 22.9. The fourth-order valence-electron chi connectivity index (χ4n) is 8.84. The van der Waals surface area contributed by atoms with E-state index in [4.69, 9.17) is 26.3 Å². The molecule has 6 rings (SSSR count). The minimum absolute atomic E-state index is 0. The normalized spacial score (nSPS) is 11.8. The molecule has 0 spiro atoms. The van der Waals surface area contributed by atoms with Gasteiger partial charge in [0.1, 0.15) is 0 Å². The first-order valence-electron chi connectivity index (χ1n) is 27.5. The van der Waals surface area contributed by atoms with E-state index in [1.165, 1.54) is 11.1 Å². The summed E-state index contributed by atoms with van der Waals surface area (Å²) in [6, 6.07) is 43.7. The first kappa shape index (κ1) is 70.9. The zero-order valence-corrected chi connectivity index (χ0v) is 55.3. The number of hydrogen-bond acceptors (Lipinski definition) is 0. The molecule has 0 aliphatic carbocycles. The molecule has 4 nitrogen and oxygen atoms in total. The molecule has 0 saturated heterocycles. The van der Waals surface area contributed by atoms with E-state index in [9.17, 15) is 0 Å². The number of nitrogens with zero attached hydrogens (tertiary/aromatic N) is 4. The largest absolute Gasteiger partial charge is 6.00 e. The molecule has 416 valence electrons. The summed E-state index contributed by atoms with van der Waals surface area (Å²) in [5.74, 6) is 0. The van der Waals surface area contributed by atoms with E-state index in [1.807, 2.05) is 12.1 Å². The van der Waals surface area contributed by atoms with Gasteiger partial charge in [0.25, 0.3) is 0 Å². The van der Waals surface area contributed by atoms with Gasteiger partial charge in [-0.25, -0.2) is 30.5 Å². The molecule has 79 heavy (non-hydrogen) atoms. The van der Waals surface area contributed by atoms with Gasteiger partial charge < -0.3 is 0 Å². The molecule has 0 amide bonds. The molecule has 0 radical (unpaired) electrons. The van der Waals surface area contributed by atoms with Gasteiger partial charge in [-0.15, -0.1) is 11.1 Å². The van der Waals surface area contributed by atoms with Crippen LogP contribution in [0.5, 0.6) is 0 Å². The van der Waals surface area contributed by atoms with Crippen LogP contribution < -0.4 is 0 Å². The molecule has 5 heteroatoms. The summed E-state index contributed by atoms with van der Waals surface area (Å²) >= 11 is 0. The smallest absolute Gasteiger partial charge is 0.238 e. The first-order chi connectivity index (χ1) is 35.5. The van der Waals surface area contributed by atoms with Crippen molar-refractivity contribution in [2.24, 2.45) is 0 Å². The number of aryl methyl sites for hydroxylation is 2. The molecule has 0 fully saturated rings. The van der Waals surface area contributed by atoms with Gasteiger partial charge >= 0.3 is 19.5 Å². The van der Waals surface area contributed by atoms with Crippen LogP contribution in [0.15, 0.2) is 109 Å². The summed E-state index contributed by atoms with van der Waals surface area (Å²) in [7, 11) is 0. The molecule has 0 aliphatic rings. The van der Waals surface area contributed by atoms with Crippen LogP contribution in [0.1, 0.15) is 222 Å². The Kier molecular flexibility index (Phi) is 25.0. The molecule has 0 bridgehead atoms. The van der Waals surface area contributed by atoms with Gasteiger partial charge in [-0.05, 0) is 87.8 Å².